The number of aliphatic hydroxyl groups excluding tert-OH is 1. The molecule has 5 nitrogen and oxygen atoms in total. The first-order valence-electron chi connectivity index (χ1n) is 13.9. The Morgan fingerprint density at radius 3 is 2.65 bits per heavy atom. The minimum Gasteiger partial charge on any atom is -0.496 e. The van der Waals surface area contributed by atoms with Crippen LogP contribution in [0.25, 0.3) is 0 Å². The summed E-state index contributed by atoms with van der Waals surface area (Å²) in [6.45, 7) is 7.30. The van der Waals surface area contributed by atoms with Gasteiger partial charge in [-0.2, -0.15) is 0 Å². The minimum absolute atomic E-state index is 0.0704. The van der Waals surface area contributed by atoms with Gasteiger partial charge in [0.1, 0.15) is 5.75 Å². The number of hydrogen-bond acceptors (Lipinski definition) is 5. The molecule has 5 aliphatic rings. The topological polar surface area (TPSA) is 59.0 Å². The van der Waals surface area contributed by atoms with Gasteiger partial charge in [-0.25, -0.2) is 0 Å². The lowest BCUT2D eigenvalue weighted by Crippen LogP contribution is -2.45. The fourth-order valence-electron chi connectivity index (χ4n) is 7.92. The first-order chi connectivity index (χ1) is 17.9. The van der Waals surface area contributed by atoms with Crippen LogP contribution >= 0.6 is 0 Å². The molecule has 0 spiro atoms. The Bertz CT molecular complexity index is 1140. The highest BCUT2D eigenvalue weighted by molar-refractivity contribution is 5.93. The van der Waals surface area contributed by atoms with Crippen LogP contribution in [0.15, 0.2) is 41.0 Å². The lowest BCUT2D eigenvalue weighted by molar-refractivity contribution is -0.114. The predicted octanol–water partition coefficient (Wildman–Crippen LogP) is 5.43. The fraction of sp³-hybridized carbons (Fsp3) is 0.594. The molecular weight excluding hydrogens is 462 g/mol. The van der Waals surface area contributed by atoms with Crippen LogP contribution in [0.5, 0.6) is 5.75 Å². The molecule has 1 aromatic rings. The number of anilines is 1. The van der Waals surface area contributed by atoms with Crippen molar-refractivity contribution in [3.63, 3.8) is 0 Å². The SMILES string of the molecule is C#CC.COc1cc(N2CCOCC2)ccc1C1CC2(C)C(O)CCC2C2CCC3=CC(=O)CCC3=C12. The molecule has 1 aromatic carbocycles. The van der Waals surface area contributed by atoms with E-state index in [1.165, 1.54) is 22.4 Å². The van der Waals surface area contributed by atoms with E-state index in [2.05, 4.69) is 42.4 Å². The monoisotopic (exact) mass is 503 g/mol. The molecule has 198 valence electrons. The Morgan fingerprint density at radius 1 is 1.16 bits per heavy atom. The van der Waals surface area contributed by atoms with Gasteiger partial charge in [-0.15, -0.1) is 12.3 Å². The molecule has 1 saturated heterocycles. The molecule has 1 heterocycles. The maximum absolute atomic E-state index is 12.2. The van der Waals surface area contributed by atoms with Gasteiger partial charge in [0.2, 0.25) is 0 Å². The number of benzene rings is 1. The summed E-state index contributed by atoms with van der Waals surface area (Å²) in [5.41, 5.74) is 6.63. The number of aliphatic hydroxyl groups is 1. The van der Waals surface area contributed by atoms with E-state index in [0.29, 0.717) is 18.3 Å². The number of ketones is 1. The summed E-state index contributed by atoms with van der Waals surface area (Å²) < 4.78 is 11.6. The molecule has 2 saturated carbocycles. The van der Waals surface area contributed by atoms with Crippen molar-refractivity contribution in [3.8, 4) is 18.1 Å². The maximum atomic E-state index is 12.2. The molecule has 5 unspecified atom stereocenters. The quantitative estimate of drug-likeness (QED) is 0.558. The maximum Gasteiger partial charge on any atom is 0.156 e. The van der Waals surface area contributed by atoms with Gasteiger partial charge >= 0.3 is 0 Å². The molecule has 3 fully saturated rings. The number of methoxy groups -OCH3 is 1. The second kappa shape index (κ2) is 10.7. The zero-order valence-corrected chi connectivity index (χ0v) is 22.6. The molecule has 1 aliphatic heterocycles. The second-order valence-corrected chi connectivity index (χ2v) is 11.5. The van der Waals surface area contributed by atoms with Crippen molar-refractivity contribution in [2.24, 2.45) is 17.3 Å². The van der Waals surface area contributed by atoms with E-state index in [4.69, 9.17) is 9.47 Å². The zero-order chi connectivity index (χ0) is 26.2. The average Bonchev–Trinajstić information content (AvgIpc) is 3.22. The summed E-state index contributed by atoms with van der Waals surface area (Å²) in [4.78, 5) is 14.6. The molecule has 0 bridgehead atoms. The van der Waals surface area contributed by atoms with Gasteiger partial charge in [0.05, 0.1) is 26.4 Å². The van der Waals surface area contributed by atoms with Crippen LogP contribution in [0, 0.1) is 29.6 Å². The molecular formula is C32H41NO4. The highest BCUT2D eigenvalue weighted by atomic mass is 16.5. The number of fused-ring (bicyclic) bond motifs is 4. The van der Waals surface area contributed by atoms with Gasteiger partial charge in [0.25, 0.3) is 0 Å². The van der Waals surface area contributed by atoms with Crippen molar-refractivity contribution < 1.29 is 19.4 Å². The first-order valence-corrected chi connectivity index (χ1v) is 13.9. The Hall–Kier alpha value is -2.55. The minimum atomic E-state index is -0.241. The predicted molar refractivity (Wildman–Crippen MR) is 147 cm³/mol. The molecule has 0 radical (unpaired) electrons. The molecule has 0 aromatic heterocycles. The van der Waals surface area contributed by atoms with Gasteiger partial charge in [-0.1, -0.05) is 18.6 Å². The number of nitrogens with zero attached hydrogens (tertiary/aromatic N) is 1. The summed E-state index contributed by atoms with van der Waals surface area (Å²) in [5, 5.41) is 11.1. The van der Waals surface area contributed by atoms with E-state index in [1.54, 1.807) is 19.6 Å². The number of terminal acetylenes is 1. The number of carbonyl (C=O) groups is 1. The standard InChI is InChI=1S/C29H37NO4.C3H4/c1-29-17-24(22-7-4-19(16-26(22)33-2)30-11-13-34-14-12-30)28-21-8-5-20(31)15-18(21)3-6-23(28)25(29)9-10-27(29)32;1-3-2/h4,7,15-16,23-25,27,32H,3,5-6,8-14,17H2,1-2H3;1H,2H3. The van der Waals surface area contributed by atoms with Crippen molar-refractivity contribution in [3.05, 3.63) is 46.6 Å². The smallest absolute Gasteiger partial charge is 0.156 e. The van der Waals surface area contributed by atoms with Crippen molar-refractivity contribution in [2.45, 2.75) is 70.8 Å². The van der Waals surface area contributed by atoms with Crippen LogP contribution in [-0.4, -0.2) is 50.4 Å². The third kappa shape index (κ3) is 4.64. The van der Waals surface area contributed by atoms with Crippen LogP contribution in [0.1, 0.15) is 70.3 Å². The van der Waals surface area contributed by atoms with E-state index < -0.39 is 0 Å². The molecule has 5 atom stereocenters. The second-order valence-electron chi connectivity index (χ2n) is 11.5. The molecule has 37 heavy (non-hydrogen) atoms. The van der Waals surface area contributed by atoms with E-state index in [0.717, 1.165) is 70.6 Å². The Kier molecular flexibility index (Phi) is 7.52. The molecule has 0 amide bonds. The molecule has 6 rings (SSSR count). The summed E-state index contributed by atoms with van der Waals surface area (Å²) in [7, 11) is 1.78. The Balaban J connectivity index is 0.000000892. The van der Waals surface area contributed by atoms with Crippen LogP contribution < -0.4 is 9.64 Å². The zero-order valence-electron chi connectivity index (χ0n) is 22.6. The number of morpholine rings is 1. The normalized spacial score (nSPS) is 32.8. The Morgan fingerprint density at radius 2 is 1.92 bits per heavy atom. The summed E-state index contributed by atoms with van der Waals surface area (Å²) >= 11 is 0. The van der Waals surface area contributed by atoms with Gasteiger partial charge in [0, 0.05) is 42.7 Å². The highest BCUT2D eigenvalue weighted by Gasteiger charge is 2.56. The number of hydrogen-bond donors (Lipinski definition) is 1. The summed E-state index contributed by atoms with van der Waals surface area (Å²) in [6, 6.07) is 6.72. The fourth-order valence-corrected chi connectivity index (χ4v) is 7.92. The number of rotatable bonds is 3. The number of ether oxygens (including phenoxy) is 2. The summed E-state index contributed by atoms with van der Waals surface area (Å²) in [5.74, 6) is 4.71. The van der Waals surface area contributed by atoms with Crippen LogP contribution in [0.4, 0.5) is 5.69 Å². The van der Waals surface area contributed by atoms with E-state index in [9.17, 15) is 9.90 Å². The van der Waals surface area contributed by atoms with E-state index >= 15 is 0 Å². The number of carbonyl (C=O) groups excluding carboxylic acids is 1. The van der Waals surface area contributed by atoms with Crippen LogP contribution in [0.3, 0.4) is 0 Å². The van der Waals surface area contributed by atoms with Gasteiger partial charge in [-0.3, -0.25) is 4.79 Å². The number of allylic oxidation sites excluding steroid dienone is 4. The van der Waals surface area contributed by atoms with Crippen LogP contribution in [-0.2, 0) is 9.53 Å². The lowest BCUT2D eigenvalue weighted by Gasteiger charge is -2.52. The van der Waals surface area contributed by atoms with Gasteiger partial charge < -0.3 is 19.5 Å². The lowest BCUT2D eigenvalue weighted by atomic mass is 9.53. The van der Waals surface area contributed by atoms with E-state index in [-0.39, 0.29) is 23.2 Å². The van der Waals surface area contributed by atoms with Crippen LogP contribution in [0.2, 0.25) is 0 Å². The van der Waals surface area contributed by atoms with Gasteiger partial charge in [0.15, 0.2) is 5.78 Å². The highest BCUT2D eigenvalue weighted by Crippen LogP contribution is 2.64. The first kappa shape index (κ1) is 26.1. The molecule has 4 aliphatic carbocycles. The summed E-state index contributed by atoms with van der Waals surface area (Å²) in [6.07, 6.45) is 12.8. The average molecular weight is 504 g/mol. The molecule has 5 heteroatoms. The largest absolute Gasteiger partial charge is 0.496 e. The third-order valence-electron chi connectivity index (χ3n) is 9.65. The van der Waals surface area contributed by atoms with Crippen molar-refractivity contribution in [1.29, 1.82) is 0 Å². The van der Waals surface area contributed by atoms with Crippen molar-refractivity contribution >= 4 is 11.5 Å². The van der Waals surface area contributed by atoms with Crippen molar-refractivity contribution in [1.82, 2.24) is 0 Å². The van der Waals surface area contributed by atoms with Gasteiger partial charge in [-0.05, 0) is 86.0 Å². The van der Waals surface area contributed by atoms with Crippen molar-refractivity contribution in [2.75, 3.05) is 38.3 Å². The Labute approximate surface area is 221 Å². The third-order valence-corrected chi connectivity index (χ3v) is 9.65. The van der Waals surface area contributed by atoms with E-state index in [1.807, 2.05) is 6.08 Å². The molecule has 1 N–H and O–H groups in total.